The second kappa shape index (κ2) is 5.29. The highest BCUT2D eigenvalue weighted by Crippen LogP contribution is 2.18. The smallest absolute Gasteiger partial charge is 0.321 e. The third kappa shape index (κ3) is 2.93. The number of nitrogen functional groups attached to an aromatic ring is 1. The highest BCUT2D eigenvalue weighted by atomic mass is 19.1. The van der Waals surface area contributed by atoms with Gasteiger partial charge >= 0.3 is 6.03 Å². The van der Waals surface area contributed by atoms with Crippen molar-refractivity contribution in [2.75, 3.05) is 18.9 Å². The second-order valence-corrected chi connectivity index (χ2v) is 3.52. The van der Waals surface area contributed by atoms with E-state index in [1.54, 1.807) is 7.05 Å². The number of carbonyl (C=O) groups is 1. The zero-order valence-corrected chi connectivity index (χ0v) is 9.75. The fourth-order valence-electron chi connectivity index (χ4n) is 1.26. The number of amides is 2. The number of benzene rings is 1. The lowest BCUT2D eigenvalue weighted by molar-refractivity contribution is 0.224. The monoisotopic (exact) mass is 238 g/mol. The number of carbonyl (C=O) groups excluding carboxylic acids is 1. The largest absolute Gasteiger partial charge is 0.384 e. The summed E-state index contributed by atoms with van der Waals surface area (Å²) in [5, 5.41) is 9.80. The van der Waals surface area contributed by atoms with Gasteiger partial charge in [-0.25, -0.2) is 9.18 Å². The highest BCUT2D eigenvalue weighted by Gasteiger charge is 2.14. The van der Waals surface area contributed by atoms with Crippen LogP contribution in [0, 0.1) is 11.2 Å². The number of halogens is 1. The Morgan fingerprint density at radius 2 is 2.24 bits per heavy atom. The van der Waals surface area contributed by atoms with Crippen molar-refractivity contribution in [1.82, 2.24) is 4.90 Å². The van der Waals surface area contributed by atoms with Crippen LogP contribution >= 0.6 is 0 Å². The number of nitrogens with one attached hydrogen (secondary N) is 2. The fourth-order valence-corrected chi connectivity index (χ4v) is 1.26. The topological polar surface area (TPSA) is 82.2 Å². The molecule has 0 bridgehead atoms. The van der Waals surface area contributed by atoms with Gasteiger partial charge in [-0.15, -0.1) is 0 Å². The van der Waals surface area contributed by atoms with Crippen LogP contribution in [0.15, 0.2) is 18.2 Å². The number of nitrogens with two attached hydrogens (primary N) is 1. The van der Waals surface area contributed by atoms with Crippen LogP contribution in [0.1, 0.15) is 12.5 Å². The third-order valence-corrected chi connectivity index (χ3v) is 2.35. The molecule has 0 fully saturated rings. The van der Waals surface area contributed by atoms with Gasteiger partial charge < -0.3 is 16.0 Å². The molecule has 92 valence electrons. The number of anilines is 1. The molecule has 0 unspecified atom stereocenters. The predicted octanol–water partition coefficient (Wildman–Crippen LogP) is 1.59. The minimum atomic E-state index is -0.630. The summed E-state index contributed by atoms with van der Waals surface area (Å²) in [5.74, 6) is -1.05. The molecule has 0 saturated heterocycles. The number of hydrogen-bond acceptors (Lipinski definition) is 2. The molecule has 0 saturated carbocycles. The average Bonchev–Trinajstić information content (AvgIpc) is 2.27. The molecule has 5 nitrogen and oxygen atoms in total. The molecule has 0 aliphatic heterocycles. The van der Waals surface area contributed by atoms with E-state index in [1.807, 2.05) is 6.92 Å². The lowest BCUT2D eigenvalue weighted by atomic mass is 10.1. The SMILES string of the molecule is CCN(C)C(=O)Nc1cccc(F)c1C(=N)N. The summed E-state index contributed by atoms with van der Waals surface area (Å²) >= 11 is 0. The molecular formula is C11H15FN4O. The molecular weight excluding hydrogens is 223 g/mol. The maximum Gasteiger partial charge on any atom is 0.321 e. The van der Waals surface area contributed by atoms with Crippen molar-refractivity contribution < 1.29 is 9.18 Å². The van der Waals surface area contributed by atoms with E-state index >= 15 is 0 Å². The van der Waals surface area contributed by atoms with Crippen molar-refractivity contribution in [1.29, 1.82) is 5.41 Å². The van der Waals surface area contributed by atoms with Gasteiger partial charge in [-0.3, -0.25) is 5.41 Å². The Bertz CT molecular complexity index is 447. The Morgan fingerprint density at radius 1 is 1.59 bits per heavy atom. The van der Waals surface area contributed by atoms with Crippen LogP contribution in [0.2, 0.25) is 0 Å². The molecule has 0 heterocycles. The van der Waals surface area contributed by atoms with Gasteiger partial charge in [0, 0.05) is 13.6 Å². The standard InChI is InChI=1S/C11H15FN4O/c1-3-16(2)11(17)15-8-6-4-5-7(12)9(8)10(13)14/h4-6H,3H2,1-2H3,(H3,13,14)(H,15,17). The Labute approximate surface area is 98.9 Å². The first-order valence-electron chi connectivity index (χ1n) is 5.12. The predicted molar refractivity (Wildman–Crippen MR) is 64.7 cm³/mol. The number of hydrogen-bond donors (Lipinski definition) is 3. The zero-order valence-electron chi connectivity index (χ0n) is 9.75. The lowest BCUT2D eigenvalue weighted by Gasteiger charge is -2.17. The normalized spacial score (nSPS) is 9.82. The van der Waals surface area contributed by atoms with Crippen molar-refractivity contribution in [3.8, 4) is 0 Å². The van der Waals surface area contributed by atoms with Crippen molar-refractivity contribution in [2.45, 2.75) is 6.92 Å². The van der Waals surface area contributed by atoms with Crippen LogP contribution in [0.25, 0.3) is 0 Å². The molecule has 1 aromatic carbocycles. The molecule has 17 heavy (non-hydrogen) atoms. The number of nitrogens with zero attached hydrogens (tertiary/aromatic N) is 1. The zero-order chi connectivity index (χ0) is 13.0. The second-order valence-electron chi connectivity index (χ2n) is 3.52. The molecule has 0 atom stereocenters. The van der Waals surface area contributed by atoms with E-state index in [9.17, 15) is 9.18 Å². The van der Waals surface area contributed by atoms with E-state index < -0.39 is 11.7 Å². The van der Waals surface area contributed by atoms with Crippen molar-refractivity contribution >= 4 is 17.6 Å². The Balaban J connectivity index is 3.03. The van der Waals surface area contributed by atoms with E-state index in [0.717, 1.165) is 0 Å². The van der Waals surface area contributed by atoms with Crippen molar-refractivity contribution in [2.24, 2.45) is 5.73 Å². The molecule has 0 aliphatic carbocycles. The summed E-state index contributed by atoms with van der Waals surface area (Å²) < 4.78 is 13.4. The molecule has 4 N–H and O–H groups in total. The van der Waals surface area contributed by atoms with Crippen LogP contribution in [-0.4, -0.2) is 30.4 Å². The summed E-state index contributed by atoms with van der Waals surface area (Å²) in [5.41, 5.74) is 5.38. The molecule has 2 amide bonds. The first kappa shape index (κ1) is 13.0. The first-order chi connectivity index (χ1) is 7.97. The molecule has 0 spiro atoms. The van der Waals surface area contributed by atoms with Crippen LogP contribution in [-0.2, 0) is 0 Å². The summed E-state index contributed by atoms with van der Waals surface area (Å²) in [6.45, 7) is 2.34. The first-order valence-corrected chi connectivity index (χ1v) is 5.12. The molecule has 1 aromatic rings. The van der Waals surface area contributed by atoms with Crippen LogP contribution in [0.4, 0.5) is 14.9 Å². The number of amidine groups is 1. The van der Waals surface area contributed by atoms with Gasteiger partial charge in [0.25, 0.3) is 0 Å². The molecule has 0 aliphatic rings. The van der Waals surface area contributed by atoms with Crippen LogP contribution in [0.5, 0.6) is 0 Å². The Hall–Kier alpha value is -2.11. The van der Waals surface area contributed by atoms with Crippen molar-refractivity contribution in [3.05, 3.63) is 29.6 Å². The molecule has 6 heteroatoms. The van der Waals surface area contributed by atoms with Gasteiger partial charge in [-0.2, -0.15) is 0 Å². The maximum absolute atomic E-state index is 13.4. The van der Waals surface area contributed by atoms with Gasteiger partial charge in [0.1, 0.15) is 11.7 Å². The van der Waals surface area contributed by atoms with Gasteiger partial charge in [0.05, 0.1) is 11.3 Å². The summed E-state index contributed by atoms with van der Waals surface area (Å²) in [6.07, 6.45) is 0. The van der Waals surface area contributed by atoms with Gasteiger partial charge in [0.15, 0.2) is 0 Å². The van der Waals surface area contributed by atoms with E-state index in [-0.39, 0.29) is 17.3 Å². The summed E-state index contributed by atoms with van der Waals surface area (Å²) in [6, 6.07) is 3.76. The summed E-state index contributed by atoms with van der Waals surface area (Å²) in [7, 11) is 1.61. The van der Waals surface area contributed by atoms with E-state index in [0.29, 0.717) is 6.54 Å². The minimum Gasteiger partial charge on any atom is -0.384 e. The fraction of sp³-hybridized carbons (Fsp3) is 0.273. The third-order valence-electron chi connectivity index (χ3n) is 2.35. The van der Waals surface area contributed by atoms with Crippen molar-refractivity contribution in [3.63, 3.8) is 0 Å². The van der Waals surface area contributed by atoms with Gasteiger partial charge in [-0.1, -0.05) is 6.07 Å². The lowest BCUT2D eigenvalue weighted by Crippen LogP contribution is -2.32. The van der Waals surface area contributed by atoms with Crippen LogP contribution < -0.4 is 11.1 Å². The molecule has 0 radical (unpaired) electrons. The quantitative estimate of drug-likeness (QED) is 0.552. The molecule has 0 aromatic heterocycles. The Morgan fingerprint density at radius 3 is 2.76 bits per heavy atom. The van der Waals surface area contributed by atoms with Gasteiger partial charge in [0.2, 0.25) is 0 Å². The summed E-state index contributed by atoms with van der Waals surface area (Å²) in [4.78, 5) is 13.0. The maximum atomic E-state index is 13.4. The van der Waals surface area contributed by atoms with E-state index in [1.165, 1.54) is 23.1 Å². The average molecular weight is 238 g/mol. The Kier molecular flexibility index (Phi) is 4.03. The minimum absolute atomic E-state index is 0.0923. The number of urea groups is 1. The molecule has 1 rings (SSSR count). The van der Waals surface area contributed by atoms with Gasteiger partial charge in [-0.05, 0) is 19.1 Å². The van der Waals surface area contributed by atoms with E-state index in [2.05, 4.69) is 5.32 Å². The number of rotatable bonds is 3. The highest BCUT2D eigenvalue weighted by molar-refractivity contribution is 6.04. The van der Waals surface area contributed by atoms with Crippen LogP contribution in [0.3, 0.4) is 0 Å². The van der Waals surface area contributed by atoms with E-state index in [4.69, 9.17) is 11.1 Å².